The quantitative estimate of drug-likeness (QED) is 0.939. The van der Waals surface area contributed by atoms with Crippen LogP contribution in [0, 0.1) is 0 Å². The van der Waals surface area contributed by atoms with Crippen LogP contribution in [0.5, 0.6) is 0 Å². The number of hydrogen-bond acceptors (Lipinski definition) is 4. The first-order chi connectivity index (χ1) is 11.1. The zero-order valence-corrected chi connectivity index (χ0v) is 13.6. The highest BCUT2D eigenvalue weighted by atomic mass is 16.1. The van der Waals surface area contributed by atoms with Crippen LogP contribution in [0.3, 0.4) is 0 Å². The van der Waals surface area contributed by atoms with Gasteiger partial charge in [-0.05, 0) is 30.4 Å². The van der Waals surface area contributed by atoms with Crippen LogP contribution in [0.25, 0.3) is 0 Å². The summed E-state index contributed by atoms with van der Waals surface area (Å²) in [5.41, 5.74) is 2.36. The van der Waals surface area contributed by atoms with Crippen molar-refractivity contribution in [2.75, 3.05) is 23.3 Å². The highest BCUT2D eigenvalue weighted by Crippen LogP contribution is 2.24. The molecule has 1 aromatic carbocycles. The van der Waals surface area contributed by atoms with Crippen molar-refractivity contribution in [1.82, 2.24) is 9.97 Å². The molecule has 5 heteroatoms. The molecule has 3 rings (SSSR count). The number of anilines is 2. The second-order valence-corrected chi connectivity index (χ2v) is 6.15. The van der Waals surface area contributed by atoms with Gasteiger partial charge in [0.2, 0.25) is 0 Å². The molecule has 2 heterocycles. The summed E-state index contributed by atoms with van der Waals surface area (Å²) in [5.74, 6) is 0.984. The predicted molar refractivity (Wildman–Crippen MR) is 92.0 cm³/mol. The smallest absolute Gasteiger partial charge is 0.274 e. The van der Waals surface area contributed by atoms with Crippen molar-refractivity contribution in [2.24, 2.45) is 0 Å². The first-order valence-corrected chi connectivity index (χ1v) is 8.12. The molecule has 5 nitrogen and oxygen atoms in total. The summed E-state index contributed by atoms with van der Waals surface area (Å²) in [7, 11) is 0. The first kappa shape index (κ1) is 15.5. The molecule has 1 aromatic heterocycles. The highest BCUT2D eigenvalue weighted by molar-refractivity contribution is 6.03. The van der Waals surface area contributed by atoms with Gasteiger partial charge in [0, 0.05) is 24.8 Å². The number of hydrogen-bond donors (Lipinski definition) is 1. The number of benzene rings is 1. The van der Waals surface area contributed by atoms with Gasteiger partial charge in [0.05, 0.1) is 0 Å². The van der Waals surface area contributed by atoms with Crippen molar-refractivity contribution in [3.8, 4) is 0 Å². The number of amides is 1. The van der Waals surface area contributed by atoms with Crippen LogP contribution in [0.15, 0.2) is 36.7 Å². The number of carbonyl (C=O) groups is 1. The highest BCUT2D eigenvalue weighted by Gasteiger charge is 2.17. The third-order valence-electron chi connectivity index (χ3n) is 4.15. The van der Waals surface area contributed by atoms with E-state index in [9.17, 15) is 4.79 Å². The third-order valence-corrected chi connectivity index (χ3v) is 4.15. The molecule has 1 saturated heterocycles. The van der Waals surface area contributed by atoms with Crippen LogP contribution in [0.1, 0.15) is 48.7 Å². The van der Waals surface area contributed by atoms with Crippen molar-refractivity contribution >= 4 is 17.4 Å². The number of para-hydroxylation sites is 1. The molecule has 2 aromatic rings. The Morgan fingerprint density at radius 1 is 1.17 bits per heavy atom. The maximum atomic E-state index is 12.5. The number of rotatable bonds is 4. The summed E-state index contributed by atoms with van der Waals surface area (Å²) in [6, 6.07) is 9.66. The molecule has 1 aliphatic rings. The minimum atomic E-state index is -0.194. The van der Waals surface area contributed by atoms with Gasteiger partial charge >= 0.3 is 0 Å². The van der Waals surface area contributed by atoms with Gasteiger partial charge in [-0.25, -0.2) is 9.97 Å². The average molecular weight is 310 g/mol. The summed E-state index contributed by atoms with van der Waals surface area (Å²) in [6.45, 7) is 6.21. The Morgan fingerprint density at radius 2 is 1.91 bits per heavy atom. The van der Waals surface area contributed by atoms with Gasteiger partial charge in [0.15, 0.2) is 0 Å². The van der Waals surface area contributed by atoms with E-state index in [0.29, 0.717) is 11.6 Å². The van der Waals surface area contributed by atoms with Crippen molar-refractivity contribution in [2.45, 2.75) is 32.6 Å². The molecule has 1 N–H and O–H groups in total. The van der Waals surface area contributed by atoms with Gasteiger partial charge in [-0.1, -0.05) is 32.0 Å². The minimum absolute atomic E-state index is 0.194. The molecule has 0 radical (unpaired) electrons. The van der Waals surface area contributed by atoms with Crippen molar-refractivity contribution in [3.63, 3.8) is 0 Å². The SMILES string of the molecule is CC(C)c1ccccc1NC(=O)c1cc(N2CCCC2)ncn1. The van der Waals surface area contributed by atoms with E-state index in [4.69, 9.17) is 0 Å². The average Bonchev–Trinajstić information content (AvgIpc) is 3.10. The molecule has 23 heavy (non-hydrogen) atoms. The molecule has 1 amide bonds. The summed E-state index contributed by atoms with van der Waals surface area (Å²) < 4.78 is 0. The van der Waals surface area contributed by atoms with Crippen LogP contribution in [-0.2, 0) is 0 Å². The second kappa shape index (κ2) is 6.77. The maximum Gasteiger partial charge on any atom is 0.274 e. The lowest BCUT2D eigenvalue weighted by Gasteiger charge is -2.17. The first-order valence-electron chi connectivity index (χ1n) is 8.12. The molecule has 0 bridgehead atoms. The van der Waals surface area contributed by atoms with Crippen molar-refractivity contribution in [3.05, 3.63) is 47.9 Å². The fourth-order valence-corrected chi connectivity index (χ4v) is 2.89. The lowest BCUT2D eigenvalue weighted by molar-refractivity contribution is 0.102. The van der Waals surface area contributed by atoms with E-state index < -0.39 is 0 Å². The van der Waals surface area contributed by atoms with Gasteiger partial charge in [-0.15, -0.1) is 0 Å². The number of nitrogens with one attached hydrogen (secondary N) is 1. The third kappa shape index (κ3) is 3.50. The van der Waals surface area contributed by atoms with E-state index in [1.807, 2.05) is 24.3 Å². The monoisotopic (exact) mass is 310 g/mol. The Morgan fingerprint density at radius 3 is 2.65 bits per heavy atom. The molecule has 1 fully saturated rings. The van der Waals surface area contributed by atoms with Crippen molar-refractivity contribution in [1.29, 1.82) is 0 Å². The van der Waals surface area contributed by atoms with E-state index in [0.717, 1.165) is 30.2 Å². The van der Waals surface area contributed by atoms with Gasteiger partial charge in [-0.3, -0.25) is 4.79 Å². The summed E-state index contributed by atoms with van der Waals surface area (Å²) in [4.78, 5) is 23.2. The number of carbonyl (C=O) groups excluding carboxylic acids is 1. The second-order valence-electron chi connectivity index (χ2n) is 6.15. The molecule has 0 atom stereocenters. The number of aromatic nitrogens is 2. The number of nitrogens with zero attached hydrogens (tertiary/aromatic N) is 3. The van der Waals surface area contributed by atoms with Crippen molar-refractivity contribution < 1.29 is 4.79 Å². The molecule has 1 aliphatic heterocycles. The van der Waals surface area contributed by atoms with E-state index in [-0.39, 0.29) is 5.91 Å². The van der Waals surface area contributed by atoms with E-state index in [1.165, 1.54) is 19.2 Å². The molecule has 0 unspecified atom stereocenters. The summed E-state index contributed by atoms with van der Waals surface area (Å²) >= 11 is 0. The Kier molecular flexibility index (Phi) is 4.55. The molecular weight excluding hydrogens is 288 g/mol. The topological polar surface area (TPSA) is 58.1 Å². The Hall–Kier alpha value is -2.43. The normalized spacial score (nSPS) is 14.3. The van der Waals surface area contributed by atoms with Crippen LogP contribution in [0.4, 0.5) is 11.5 Å². The van der Waals surface area contributed by atoms with E-state index in [2.05, 4.69) is 34.0 Å². The lowest BCUT2D eigenvalue weighted by atomic mass is 10.0. The zero-order valence-electron chi connectivity index (χ0n) is 13.6. The molecule has 0 spiro atoms. The van der Waals surface area contributed by atoms with Crippen LogP contribution < -0.4 is 10.2 Å². The zero-order chi connectivity index (χ0) is 16.2. The van der Waals surface area contributed by atoms with Gasteiger partial charge in [0.25, 0.3) is 5.91 Å². The van der Waals surface area contributed by atoms with Gasteiger partial charge in [0.1, 0.15) is 17.8 Å². The molecule has 120 valence electrons. The van der Waals surface area contributed by atoms with E-state index in [1.54, 1.807) is 6.07 Å². The Labute approximate surface area is 136 Å². The maximum absolute atomic E-state index is 12.5. The standard InChI is InChI=1S/C18H22N4O/c1-13(2)14-7-3-4-8-15(14)21-18(23)16-11-17(20-12-19-16)22-9-5-6-10-22/h3-4,7-8,11-13H,5-6,9-10H2,1-2H3,(H,21,23). The predicted octanol–water partition coefficient (Wildman–Crippen LogP) is 3.45. The van der Waals surface area contributed by atoms with E-state index >= 15 is 0 Å². The summed E-state index contributed by atoms with van der Waals surface area (Å²) in [5, 5.41) is 2.98. The fourth-order valence-electron chi connectivity index (χ4n) is 2.89. The lowest BCUT2D eigenvalue weighted by Crippen LogP contribution is -2.21. The Balaban J connectivity index is 1.80. The summed E-state index contributed by atoms with van der Waals surface area (Å²) in [6.07, 6.45) is 3.82. The van der Waals surface area contributed by atoms with Crippen LogP contribution in [-0.4, -0.2) is 29.0 Å². The Bertz CT molecular complexity index is 693. The van der Waals surface area contributed by atoms with Gasteiger partial charge in [-0.2, -0.15) is 0 Å². The fraction of sp³-hybridized carbons (Fsp3) is 0.389. The molecule has 0 saturated carbocycles. The largest absolute Gasteiger partial charge is 0.357 e. The molecular formula is C18H22N4O. The van der Waals surface area contributed by atoms with Crippen LogP contribution in [0.2, 0.25) is 0 Å². The van der Waals surface area contributed by atoms with Crippen LogP contribution >= 0.6 is 0 Å². The van der Waals surface area contributed by atoms with Gasteiger partial charge < -0.3 is 10.2 Å². The molecule has 0 aliphatic carbocycles. The minimum Gasteiger partial charge on any atom is -0.357 e.